The van der Waals surface area contributed by atoms with Crippen LogP contribution in [-0.4, -0.2) is 15.2 Å². The van der Waals surface area contributed by atoms with Gasteiger partial charge in [0.25, 0.3) is 11.6 Å². The van der Waals surface area contributed by atoms with Crippen molar-refractivity contribution in [3.05, 3.63) is 86.8 Å². The van der Waals surface area contributed by atoms with Crippen molar-refractivity contribution < 1.29 is 14.5 Å². The molecule has 1 amide bonds. The molecule has 1 aliphatic rings. The van der Waals surface area contributed by atoms with Gasteiger partial charge in [-0.05, 0) is 28.5 Å². The summed E-state index contributed by atoms with van der Waals surface area (Å²) in [6.07, 6.45) is 1.56. The van der Waals surface area contributed by atoms with Gasteiger partial charge in [0.15, 0.2) is 0 Å². The summed E-state index contributed by atoms with van der Waals surface area (Å²) in [5, 5.41) is 15.9. The lowest BCUT2D eigenvalue weighted by Crippen LogP contribution is -2.17. The number of hydrogen-bond acceptors (Lipinski definition) is 6. The van der Waals surface area contributed by atoms with Gasteiger partial charge in [0, 0.05) is 17.7 Å². The molecule has 3 aromatic rings. The third-order valence-corrected chi connectivity index (χ3v) is 5.56. The van der Waals surface area contributed by atoms with Crippen LogP contribution in [-0.2, 0) is 11.4 Å². The van der Waals surface area contributed by atoms with E-state index in [1.807, 2.05) is 42.5 Å². The first-order valence-corrected chi connectivity index (χ1v) is 9.86. The number of amides is 1. The zero-order valence-electron chi connectivity index (χ0n) is 15.0. The Labute approximate surface area is 175 Å². The van der Waals surface area contributed by atoms with E-state index in [9.17, 15) is 14.9 Å². The Morgan fingerprint density at radius 3 is 2.69 bits per heavy atom. The standard InChI is InChI=1S/C21H14N2O4S2/c24-20-19(29-21(28)22-20)11-15-10-16(23(25)26)8-9-18(15)27-12-14-6-3-5-13-4-1-2-7-17(13)14/h1-11H,12H2,(H,22,24,28). The third-order valence-electron chi connectivity index (χ3n) is 4.40. The Balaban J connectivity index is 1.68. The summed E-state index contributed by atoms with van der Waals surface area (Å²) in [6, 6.07) is 18.3. The van der Waals surface area contributed by atoms with Gasteiger partial charge in [-0.3, -0.25) is 14.9 Å². The van der Waals surface area contributed by atoms with Gasteiger partial charge < -0.3 is 10.1 Å². The maximum atomic E-state index is 12.0. The van der Waals surface area contributed by atoms with E-state index in [-0.39, 0.29) is 18.2 Å². The quantitative estimate of drug-likeness (QED) is 0.275. The monoisotopic (exact) mass is 422 g/mol. The van der Waals surface area contributed by atoms with Gasteiger partial charge in [-0.1, -0.05) is 66.4 Å². The number of nitro benzene ring substituents is 1. The van der Waals surface area contributed by atoms with E-state index in [0.29, 0.717) is 20.5 Å². The molecule has 0 aromatic heterocycles. The normalized spacial score (nSPS) is 15.0. The van der Waals surface area contributed by atoms with Crippen molar-refractivity contribution in [1.29, 1.82) is 0 Å². The van der Waals surface area contributed by atoms with Crippen molar-refractivity contribution >= 4 is 56.7 Å². The van der Waals surface area contributed by atoms with Crippen LogP contribution in [0.3, 0.4) is 0 Å². The highest BCUT2D eigenvalue weighted by Crippen LogP contribution is 2.32. The molecule has 0 radical (unpaired) electrons. The zero-order valence-corrected chi connectivity index (χ0v) is 16.6. The molecule has 0 bridgehead atoms. The van der Waals surface area contributed by atoms with Crippen LogP contribution in [0.15, 0.2) is 65.6 Å². The highest BCUT2D eigenvalue weighted by molar-refractivity contribution is 8.26. The number of carbonyl (C=O) groups excluding carboxylic acids is 1. The van der Waals surface area contributed by atoms with E-state index in [1.54, 1.807) is 12.1 Å². The summed E-state index contributed by atoms with van der Waals surface area (Å²) in [6.45, 7) is 0.285. The van der Waals surface area contributed by atoms with Crippen LogP contribution in [0.25, 0.3) is 16.8 Å². The minimum atomic E-state index is -0.483. The van der Waals surface area contributed by atoms with Crippen molar-refractivity contribution in [1.82, 2.24) is 5.32 Å². The molecule has 1 saturated heterocycles. The van der Waals surface area contributed by atoms with Crippen LogP contribution < -0.4 is 10.1 Å². The molecule has 144 valence electrons. The smallest absolute Gasteiger partial charge is 0.270 e. The van der Waals surface area contributed by atoms with Crippen molar-refractivity contribution in [2.75, 3.05) is 0 Å². The first-order valence-electron chi connectivity index (χ1n) is 8.64. The van der Waals surface area contributed by atoms with Crippen LogP contribution in [0.2, 0.25) is 0 Å². The highest BCUT2D eigenvalue weighted by Gasteiger charge is 2.23. The fourth-order valence-corrected chi connectivity index (χ4v) is 4.06. The van der Waals surface area contributed by atoms with E-state index >= 15 is 0 Å². The largest absolute Gasteiger partial charge is 0.488 e. The van der Waals surface area contributed by atoms with Gasteiger partial charge in [-0.25, -0.2) is 0 Å². The molecule has 1 fully saturated rings. The summed E-state index contributed by atoms with van der Waals surface area (Å²) in [4.78, 5) is 23.0. The van der Waals surface area contributed by atoms with Crippen molar-refractivity contribution in [2.24, 2.45) is 0 Å². The number of benzene rings is 3. The molecule has 29 heavy (non-hydrogen) atoms. The summed E-state index contributed by atoms with van der Waals surface area (Å²) in [5.74, 6) is 0.119. The Morgan fingerprint density at radius 1 is 1.14 bits per heavy atom. The van der Waals surface area contributed by atoms with Gasteiger partial charge in [0.1, 0.15) is 16.7 Å². The molecule has 0 saturated carbocycles. The van der Waals surface area contributed by atoms with Crippen molar-refractivity contribution in [2.45, 2.75) is 6.61 Å². The van der Waals surface area contributed by atoms with E-state index in [1.165, 1.54) is 12.1 Å². The van der Waals surface area contributed by atoms with Crippen LogP contribution in [0.5, 0.6) is 5.75 Å². The Morgan fingerprint density at radius 2 is 1.93 bits per heavy atom. The Kier molecular flexibility index (Phi) is 5.28. The topological polar surface area (TPSA) is 81.5 Å². The van der Waals surface area contributed by atoms with Crippen LogP contribution >= 0.6 is 24.0 Å². The SMILES string of the molecule is O=C1NC(=S)SC1=Cc1cc([N+](=O)[O-])ccc1OCc1cccc2ccccc12. The van der Waals surface area contributed by atoms with Gasteiger partial charge >= 0.3 is 0 Å². The second kappa shape index (κ2) is 8.02. The first kappa shape index (κ1) is 19.1. The number of carbonyl (C=O) groups is 1. The van der Waals surface area contributed by atoms with Crippen LogP contribution in [0, 0.1) is 10.1 Å². The molecule has 0 spiro atoms. The van der Waals surface area contributed by atoms with E-state index in [4.69, 9.17) is 17.0 Å². The molecule has 0 aliphatic carbocycles. The van der Waals surface area contributed by atoms with E-state index < -0.39 is 4.92 Å². The van der Waals surface area contributed by atoms with Gasteiger partial charge in [-0.2, -0.15) is 0 Å². The van der Waals surface area contributed by atoms with Gasteiger partial charge in [0.2, 0.25) is 0 Å². The number of fused-ring (bicyclic) bond motifs is 1. The van der Waals surface area contributed by atoms with Gasteiger partial charge in [-0.15, -0.1) is 0 Å². The summed E-state index contributed by atoms with van der Waals surface area (Å²) >= 11 is 6.11. The maximum Gasteiger partial charge on any atom is 0.270 e. The summed E-state index contributed by atoms with van der Waals surface area (Å²) in [5.41, 5.74) is 1.36. The highest BCUT2D eigenvalue weighted by atomic mass is 32.2. The lowest BCUT2D eigenvalue weighted by Gasteiger charge is -2.11. The van der Waals surface area contributed by atoms with Crippen molar-refractivity contribution in [3.63, 3.8) is 0 Å². The number of nitrogens with zero attached hydrogens (tertiary/aromatic N) is 1. The fraction of sp³-hybridized carbons (Fsp3) is 0.0476. The fourth-order valence-electron chi connectivity index (χ4n) is 3.03. The van der Waals surface area contributed by atoms with Crippen LogP contribution in [0.4, 0.5) is 5.69 Å². The molecule has 8 heteroatoms. The number of nitrogens with one attached hydrogen (secondary N) is 1. The first-order chi connectivity index (χ1) is 14.0. The molecule has 0 atom stereocenters. The molecule has 6 nitrogen and oxygen atoms in total. The second-order valence-corrected chi connectivity index (χ2v) is 7.98. The predicted molar refractivity (Wildman–Crippen MR) is 118 cm³/mol. The lowest BCUT2D eigenvalue weighted by atomic mass is 10.1. The number of thioether (sulfide) groups is 1. The molecule has 0 unspecified atom stereocenters. The number of thiocarbonyl (C=S) groups is 1. The molecule has 1 N–H and O–H groups in total. The average Bonchev–Trinajstić information content (AvgIpc) is 3.03. The number of rotatable bonds is 5. The average molecular weight is 422 g/mol. The summed E-state index contributed by atoms with van der Waals surface area (Å²) < 4.78 is 6.35. The molecular formula is C21H14N2O4S2. The molecule has 4 rings (SSSR count). The molecule has 1 heterocycles. The molecular weight excluding hydrogens is 408 g/mol. The molecule has 3 aromatic carbocycles. The maximum absolute atomic E-state index is 12.0. The number of ether oxygens (including phenoxy) is 1. The Hall–Kier alpha value is -3.23. The molecule has 1 aliphatic heterocycles. The van der Waals surface area contributed by atoms with Crippen LogP contribution in [0.1, 0.15) is 11.1 Å². The van der Waals surface area contributed by atoms with Gasteiger partial charge in [0.05, 0.1) is 9.83 Å². The van der Waals surface area contributed by atoms with E-state index in [0.717, 1.165) is 28.1 Å². The zero-order chi connectivity index (χ0) is 20.4. The van der Waals surface area contributed by atoms with E-state index in [2.05, 4.69) is 5.32 Å². The number of hydrogen-bond donors (Lipinski definition) is 1. The number of non-ortho nitro benzene ring substituents is 1. The van der Waals surface area contributed by atoms with Crippen molar-refractivity contribution in [3.8, 4) is 5.75 Å². The minimum absolute atomic E-state index is 0.0830. The Bertz CT molecular complexity index is 1190. The lowest BCUT2D eigenvalue weighted by molar-refractivity contribution is -0.384. The predicted octanol–water partition coefficient (Wildman–Crippen LogP) is 4.82. The summed E-state index contributed by atoms with van der Waals surface area (Å²) in [7, 11) is 0. The number of nitro groups is 1. The minimum Gasteiger partial charge on any atom is -0.488 e. The third kappa shape index (κ3) is 4.13. The second-order valence-electron chi connectivity index (χ2n) is 6.26.